The van der Waals surface area contributed by atoms with Crippen molar-refractivity contribution in [3.8, 4) is 0 Å². The standard InChI is InChI=1S/C17H21N3O5/c1-11(2)9-19(10-15(22)23)14(21)7-8-20-17(25)13-6-4-3-5-12(13)16(24)18-20/h3-6,11H,7-10H2,1-2H3,(H,18,24)(H,22,23). The van der Waals surface area contributed by atoms with E-state index < -0.39 is 17.1 Å². The van der Waals surface area contributed by atoms with Gasteiger partial charge in [0.25, 0.3) is 11.1 Å². The number of fused-ring (bicyclic) bond motifs is 1. The maximum absolute atomic E-state index is 12.4. The number of amides is 1. The zero-order chi connectivity index (χ0) is 18.6. The lowest BCUT2D eigenvalue weighted by molar-refractivity contribution is -0.144. The molecule has 0 saturated heterocycles. The van der Waals surface area contributed by atoms with Crippen molar-refractivity contribution in [2.24, 2.45) is 5.92 Å². The van der Waals surface area contributed by atoms with Crippen molar-refractivity contribution in [3.63, 3.8) is 0 Å². The molecule has 0 unspecified atom stereocenters. The van der Waals surface area contributed by atoms with E-state index in [0.717, 1.165) is 4.68 Å². The molecular formula is C17H21N3O5. The molecule has 2 N–H and O–H groups in total. The smallest absolute Gasteiger partial charge is 0.323 e. The number of aromatic amines is 1. The number of aryl methyl sites for hydroxylation is 1. The van der Waals surface area contributed by atoms with Gasteiger partial charge >= 0.3 is 5.97 Å². The predicted octanol–water partition coefficient (Wildman–Crippen LogP) is 0.649. The summed E-state index contributed by atoms with van der Waals surface area (Å²) in [6.45, 7) is 3.67. The zero-order valence-corrected chi connectivity index (χ0v) is 14.2. The van der Waals surface area contributed by atoms with Crippen molar-refractivity contribution >= 4 is 22.6 Å². The highest BCUT2D eigenvalue weighted by Gasteiger charge is 2.18. The molecule has 0 bridgehead atoms. The maximum atomic E-state index is 12.4. The number of carboxylic acids is 1. The number of aromatic nitrogens is 2. The first-order valence-electron chi connectivity index (χ1n) is 8.01. The van der Waals surface area contributed by atoms with Gasteiger partial charge < -0.3 is 10.0 Å². The number of nitrogens with one attached hydrogen (secondary N) is 1. The predicted molar refractivity (Wildman–Crippen MR) is 92.5 cm³/mol. The van der Waals surface area contributed by atoms with Crippen LogP contribution < -0.4 is 11.1 Å². The van der Waals surface area contributed by atoms with Gasteiger partial charge in [0.2, 0.25) is 5.91 Å². The van der Waals surface area contributed by atoms with Crippen LogP contribution in [0.1, 0.15) is 20.3 Å². The Bertz CT molecular complexity index is 897. The highest BCUT2D eigenvalue weighted by atomic mass is 16.4. The van der Waals surface area contributed by atoms with E-state index >= 15 is 0 Å². The lowest BCUT2D eigenvalue weighted by atomic mass is 10.2. The number of H-pyrrole nitrogens is 1. The number of rotatable bonds is 7. The summed E-state index contributed by atoms with van der Waals surface area (Å²) >= 11 is 0. The van der Waals surface area contributed by atoms with E-state index in [9.17, 15) is 19.2 Å². The van der Waals surface area contributed by atoms with E-state index in [0.29, 0.717) is 11.9 Å². The third kappa shape index (κ3) is 4.56. The third-order valence-electron chi connectivity index (χ3n) is 3.70. The van der Waals surface area contributed by atoms with E-state index in [4.69, 9.17) is 5.11 Å². The van der Waals surface area contributed by atoms with Crippen LogP contribution in [0.3, 0.4) is 0 Å². The molecule has 2 aromatic rings. The summed E-state index contributed by atoms with van der Waals surface area (Å²) in [5, 5.41) is 12.0. The van der Waals surface area contributed by atoms with Crippen LogP contribution in [0, 0.1) is 5.92 Å². The topological polar surface area (TPSA) is 112 Å². The van der Waals surface area contributed by atoms with Crippen LogP contribution in [0.5, 0.6) is 0 Å². The monoisotopic (exact) mass is 347 g/mol. The Morgan fingerprint density at radius 3 is 2.44 bits per heavy atom. The first-order chi connectivity index (χ1) is 11.8. The van der Waals surface area contributed by atoms with Crippen LogP contribution in [0.25, 0.3) is 10.8 Å². The summed E-state index contributed by atoms with van der Waals surface area (Å²) in [5.41, 5.74) is -0.802. The van der Waals surface area contributed by atoms with Crippen LogP contribution in [-0.4, -0.2) is 44.8 Å². The summed E-state index contributed by atoms with van der Waals surface area (Å²) in [7, 11) is 0. The summed E-state index contributed by atoms with van der Waals surface area (Å²) in [6, 6.07) is 6.44. The highest BCUT2D eigenvalue weighted by molar-refractivity contribution is 5.82. The van der Waals surface area contributed by atoms with Crippen LogP contribution in [0.15, 0.2) is 33.9 Å². The van der Waals surface area contributed by atoms with Gasteiger partial charge in [-0.1, -0.05) is 26.0 Å². The third-order valence-corrected chi connectivity index (χ3v) is 3.70. The van der Waals surface area contributed by atoms with Crippen molar-refractivity contribution in [1.29, 1.82) is 0 Å². The molecule has 8 heteroatoms. The van der Waals surface area contributed by atoms with Gasteiger partial charge in [-0.15, -0.1) is 0 Å². The van der Waals surface area contributed by atoms with Gasteiger partial charge in [0.05, 0.1) is 17.3 Å². The van der Waals surface area contributed by atoms with Crippen molar-refractivity contribution < 1.29 is 14.7 Å². The molecule has 1 amide bonds. The van der Waals surface area contributed by atoms with Crippen molar-refractivity contribution in [2.45, 2.75) is 26.8 Å². The number of benzene rings is 1. The molecule has 0 aliphatic rings. The number of nitrogens with zero attached hydrogens (tertiary/aromatic N) is 2. The molecule has 0 fully saturated rings. The molecule has 1 aromatic carbocycles. The summed E-state index contributed by atoms with van der Waals surface area (Å²) in [6.07, 6.45) is -0.0752. The van der Waals surface area contributed by atoms with E-state index in [1.165, 1.54) is 4.90 Å². The van der Waals surface area contributed by atoms with Gasteiger partial charge in [-0.25, -0.2) is 4.68 Å². The quantitative estimate of drug-likeness (QED) is 0.763. The van der Waals surface area contributed by atoms with Crippen LogP contribution in [0.4, 0.5) is 0 Å². The molecule has 0 spiro atoms. The number of aliphatic carboxylic acids is 1. The fraction of sp³-hybridized carbons (Fsp3) is 0.412. The molecule has 1 heterocycles. The van der Waals surface area contributed by atoms with Gasteiger partial charge in [0.1, 0.15) is 6.54 Å². The number of carbonyl (C=O) groups is 2. The Morgan fingerprint density at radius 2 is 1.84 bits per heavy atom. The molecule has 0 saturated carbocycles. The average Bonchev–Trinajstić information content (AvgIpc) is 2.55. The Kier molecular flexibility index (Phi) is 5.74. The van der Waals surface area contributed by atoms with Crippen molar-refractivity contribution in [1.82, 2.24) is 14.7 Å². The molecule has 0 aliphatic carbocycles. The number of hydrogen-bond donors (Lipinski definition) is 2. The lowest BCUT2D eigenvalue weighted by Gasteiger charge is -2.22. The van der Waals surface area contributed by atoms with E-state index in [-0.39, 0.29) is 36.7 Å². The van der Waals surface area contributed by atoms with Gasteiger partial charge in [-0.2, -0.15) is 0 Å². The molecule has 0 radical (unpaired) electrons. The fourth-order valence-electron chi connectivity index (χ4n) is 2.63. The highest BCUT2D eigenvalue weighted by Crippen LogP contribution is 2.04. The van der Waals surface area contributed by atoms with E-state index in [1.54, 1.807) is 24.3 Å². The summed E-state index contributed by atoms with van der Waals surface area (Å²) in [4.78, 5) is 48.9. The van der Waals surface area contributed by atoms with E-state index in [1.807, 2.05) is 13.8 Å². The maximum Gasteiger partial charge on any atom is 0.323 e. The second-order valence-corrected chi connectivity index (χ2v) is 6.26. The first kappa shape index (κ1) is 18.4. The summed E-state index contributed by atoms with van der Waals surface area (Å²) in [5.74, 6) is -1.35. The largest absolute Gasteiger partial charge is 0.480 e. The van der Waals surface area contributed by atoms with Gasteiger partial charge in [0.15, 0.2) is 0 Å². The molecule has 8 nitrogen and oxygen atoms in total. The molecular weight excluding hydrogens is 326 g/mol. The minimum atomic E-state index is -1.09. The molecule has 134 valence electrons. The zero-order valence-electron chi connectivity index (χ0n) is 14.2. The molecule has 25 heavy (non-hydrogen) atoms. The normalized spacial score (nSPS) is 11.0. The fourth-order valence-corrected chi connectivity index (χ4v) is 2.63. The molecule has 2 rings (SSSR count). The van der Waals surface area contributed by atoms with Gasteiger partial charge in [-0.3, -0.25) is 24.3 Å². The molecule has 0 aliphatic heterocycles. The second-order valence-electron chi connectivity index (χ2n) is 6.26. The van der Waals surface area contributed by atoms with Crippen LogP contribution >= 0.6 is 0 Å². The van der Waals surface area contributed by atoms with E-state index in [2.05, 4.69) is 5.10 Å². The minimum Gasteiger partial charge on any atom is -0.480 e. The minimum absolute atomic E-state index is 0.0219. The average molecular weight is 347 g/mol. The first-order valence-corrected chi connectivity index (χ1v) is 8.01. The lowest BCUT2D eigenvalue weighted by Crippen LogP contribution is -2.39. The van der Waals surface area contributed by atoms with Crippen LogP contribution in [0.2, 0.25) is 0 Å². The van der Waals surface area contributed by atoms with Gasteiger partial charge in [0, 0.05) is 13.0 Å². The van der Waals surface area contributed by atoms with Crippen molar-refractivity contribution in [2.75, 3.05) is 13.1 Å². The SMILES string of the molecule is CC(C)CN(CC(=O)O)C(=O)CCn1[nH]c(=O)c2ccccc2c1=O. The Hall–Kier alpha value is -2.90. The van der Waals surface area contributed by atoms with Gasteiger partial charge in [-0.05, 0) is 18.1 Å². The number of carbonyl (C=O) groups excluding carboxylic acids is 1. The number of carboxylic acid groups (broad SMARTS) is 1. The second kappa shape index (κ2) is 7.78. The molecule has 0 atom stereocenters. The van der Waals surface area contributed by atoms with Crippen LogP contribution in [-0.2, 0) is 16.1 Å². The Morgan fingerprint density at radius 1 is 1.20 bits per heavy atom. The Balaban J connectivity index is 2.19. The number of hydrogen-bond acceptors (Lipinski definition) is 4. The summed E-state index contributed by atoms with van der Waals surface area (Å²) < 4.78 is 1.09. The van der Waals surface area contributed by atoms with Crippen molar-refractivity contribution in [3.05, 3.63) is 45.0 Å². The Labute approximate surface area is 143 Å². The molecule has 1 aromatic heterocycles.